The van der Waals surface area contributed by atoms with Crippen LogP contribution < -0.4 is 5.32 Å². The molecule has 0 saturated heterocycles. The number of nitrogens with one attached hydrogen (secondary N) is 1. The zero-order valence-corrected chi connectivity index (χ0v) is 12.4. The van der Waals surface area contributed by atoms with Crippen molar-refractivity contribution in [3.63, 3.8) is 0 Å². The molecule has 0 saturated carbocycles. The Morgan fingerprint density at radius 2 is 1.89 bits per heavy atom. The third-order valence-corrected chi connectivity index (χ3v) is 3.52. The molecule has 0 aliphatic carbocycles. The van der Waals surface area contributed by atoms with Gasteiger partial charge >= 0.3 is 0 Å². The fourth-order valence-corrected chi connectivity index (χ4v) is 2.02. The Hall–Kier alpha value is -0.600. The summed E-state index contributed by atoms with van der Waals surface area (Å²) in [4.78, 5) is 0. The first-order chi connectivity index (χ1) is 8.40. The zero-order valence-electron chi connectivity index (χ0n) is 11.6. The number of hydrogen-bond donors (Lipinski definition) is 1. The standard InChI is InChI=1S/C15H23ClFN/c1-10(2)13(9-18-11(3)4)7-12-5-6-14(16)15(17)8-12/h5-6,8,10-11,13,18H,7,9H2,1-4H3. The maximum Gasteiger partial charge on any atom is 0.142 e. The van der Waals surface area contributed by atoms with Gasteiger partial charge in [0.25, 0.3) is 0 Å². The number of hydrogen-bond acceptors (Lipinski definition) is 1. The van der Waals surface area contributed by atoms with Crippen molar-refractivity contribution in [3.05, 3.63) is 34.6 Å². The van der Waals surface area contributed by atoms with Crippen LogP contribution in [0, 0.1) is 17.7 Å². The molecular weight excluding hydrogens is 249 g/mol. The van der Waals surface area contributed by atoms with Crippen LogP contribution in [0.4, 0.5) is 4.39 Å². The van der Waals surface area contributed by atoms with Crippen molar-refractivity contribution in [1.82, 2.24) is 5.32 Å². The molecular formula is C15H23ClFN. The Balaban J connectivity index is 2.67. The summed E-state index contributed by atoms with van der Waals surface area (Å²) >= 11 is 5.70. The van der Waals surface area contributed by atoms with Gasteiger partial charge in [-0.2, -0.15) is 0 Å². The molecule has 0 radical (unpaired) electrons. The molecule has 0 heterocycles. The molecule has 0 aromatic heterocycles. The molecule has 0 spiro atoms. The van der Waals surface area contributed by atoms with Gasteiger partial charge in [0.15, 0.2) is 0 Å². The molecule has 0 bridgehead atoms. The summed E-state index contributed by atoms with van der Waals surface area (Å²) < 4.78 is 13.4. The molecule has 1 aromatic carbocycles. The second-order valence-corrected chi connectivity index (χ2v) is 5.93. The van der Waals surface area contributed by atoms with E-state index in [1.807, 2.05) is 6.07 Å². The van der Waals surface area contributed by atoms with Crippen molar-refractivity contribution in [2.24, 2.45) is 11.8 Å². The molecule has 1 unspecified atom stereocenters. The number of rotatable bonds is 6. The van der Waals surface area contributed by atoms with Crippen LogP contribution in [-0.2, 0) is 6.42 Å². The molecule has 1 rings (SSSR count). The predicted octanol–water partition coefficient (Wildman–Crippen LogP) is 4.29. The fraction of sp³-hybridized carbons (Fsp3) is 0.600. The number of benzene rings is 1. The highest BCUT2D eigenvalue weighted by molar-refractivity contribution is 6.30. The minimum Gasteiger partial charge on any atom is -0.314 e. The minimum atomic E-state index is -0.325. The van der Waals surface area contributed by atoms with Gasteiger partial charge in [-0.05, 0) is 42.5 Å². The maximum absolute atomic E-state index is 13.4. The van der Waals surface area contributed by atoms with E-state index >= 15 is 0 Å². The van der Waals surface area contributed by atoms with Gasteiger partial charge in [0, 0.05) is 6.04 Å². The van der Waals surface area contributed by atoms with Gasteiger partial charge in [-0.1, -0.05) is 45.4 Å². The smallest absolute Gasteiger partial charge is 0.142 e. The van der Waals surface area contributed by atoms with Crippen LogP contribution in [0.5, 0.6) is 0 Å². The van der Waals surface area contributed by atoms with Crippen LogP contribution >= 0.6 is 11.6 Å². The molecule has 0 amide bonds. The SMILES string of the molecule is CC(C)NCC(Cc1ccc(Cl)c(F)c1)C(C)C. The maximum atomic E-state index is 13.4. The van der Waals surface area contributed by atoms with Crippen LogP contribution in [0.2, 0.25) is 5.02 Å². The molecule has 18 heavy (non-hydrogen) atoms. The summed E-state index contributed by atoms with van der Waals surface area (Å²) in [6.07, 6.45) is 0.880. The lowest BCUT2D eigenvalue weighted by Crippen LogP contribution is -2.32. The van der Waals surface area contributed by atoms with Gasteiger partial charge in [0.05, 0.1) is 5.02 Å². The highest BCUT2D eigenvalue weighted by atomic mass is 35.5. The summed E-state index contributed by atoms with van der Waals surface area (Å²) in [6, 6.07) is 5.58. The molecule has 1 nitrogen and oxygen atoms in total. The highest BCUT2D eigenvalue weighted by Gasteiger charge is 2.15. The van der Waals surface area contributed by atoms with Crippen molar-refractivity contribution >= 4 is 11.6 Å². The zero-order chi connectivity index (χ0) is 13.7. The van der Waals surface area contributed by atoms with E-state index in [2.05, 4.69) is 33.0 Å². The summed E-state index contributed by atoms with van der Waals surface area (Å²) in [5.41, 5.74) is 1.01. The first-order valence-electron chi connectivity index (χ1n) is 6.57. The van der Waals surface area contributed by atoms with E-state index in [0.29, 0.717) is 17.9 Å². The van der Waals surface area contributed by atoms with Crippen LogP contribution in [-0.4, -0.2) is 12.6 Å². The van der Waals surface area contributed by atoms with Gasteiger partial charge in [0.1, 0.15) is 5.82 Å². The molecule has 3 heteroatoms. The molecule has 1 N–H and O–H groups in total. The quantitative estimate of drug-likeness (QED) is 0.814. The first-order valence-corrected chi connectivity index (χ1v) is 6.95. The normalized spacial score (nSPS) is 13.3. The topological polar surface area (TPSA) is 12.0 Å². The van der Waals surface area contributed by atoms with Crippen molar-refractivity contribution in [2.45, 2.75) is 40.2 Å². The fourth-order valence-electron chi connectivity index (χ4n) is 1.90. The summed E-state index contributed by atoms with van der Waals surface area (Å²) in [7, 11) is 0. The average Bonchev–Trinajstić information content (AvgIpc) is 2.28. The lowest BCUT2D eigenvalue weighted by atomic mass is 9.89. The molecule has 0 aliphatic rings. The van der Waals surface area contributed by atoms with Crippen molar-refractivity contribution in [3.8, 4) is 0 Å². The average molecular weight is 272 g/mol. The first kappa shape index (κ1) is 15.5. The van der Waals surface area contributed by atoms with Gasteiger partial charge in [-0.25, -0.2) is 4.39 Å². The van der Waals surface area contributed by atoms with Crippen molar-refractivity contribution in [1.29, 1.82) is 0 Å². The Morgan fingerprint density at radius 1 is 1.22 bits per heavy atom. The van der Waals surface area contributed by atoms with Gasteiger partial charge in [-0.15, -0.1) is 0 Å². The van der Waals surface area contributed by atoms with Gasteiger partial charge in [-0.3, -0.25) is 0 Å². The Morgan fingerprint density at radius 3 is 2.39 bits per heavy atom. The summed E-state index contributed by atoms with van der Waals surface area (Å²) in [5, 5.41) is 3.65. The second kappa shape index (κ2) is 7.10. The molecule has 1 atom stereocenters. The van der Waals surface area contributed by atoms with Crippen LogP contribution in [0.1, 0.15) is 33.3 Å². The Kier molecular flexibility index (Phi) is 6.10. The third-order valence-electron chi connectivity index (χ3n) is 3.21. The van der Waals surface area contributed by atoms with Crippen LogP contribution in [0.15, 0.2) is 18.2 Å². The molecule has 1 aromatic rings. The lowest BCUT2D eigenvalue weighted by Gasteiger charge is -2.23. The van der Waals surface area contributed by atoms with E-state index in [4.69, 9.17) is 11.6 Å². The van der Waals surface area contributed by atoms with Gasteiger partial charge < -0.3 is 5.32 Å². The van der Waals surface area contributed by atoms with Crippen LogP contribution in [0.3, 0.4) is 0 Å². The number of halogens is 2. The molecule has 102 valence electrons. The Labute approximate surface area is 115 Å². The Bertz CT molecular complexity index is 377. The largest absolute Gasteiger partial charge is 0.314 e. The minimum absolute atomic E-state index is 0.195. The van der Waals surface area contributed by atoms with E-state index in [1.165, 1.54) is 0 Å². The summed E-state index contributed by atoms with van der Waals surface area (Å²) in [6.45, 7) is 9.65. The van der Waals surface area contributed by atoms with E-state index in [1.54, 1.807) is 12.1 Å². The highest BCUT2D eigenvalue weighted by Crippen LogP contribution is 2.21. The van der Waals surface area contributed by atoms with E-state index in [0.717, 1.165) is 18.5 Å². The summed E-state index contributed by atoms with van der Waals surface area (Å²) in [5.74, 6) is 0.747. The van der Waals surface area contributed by atoms with E-state index < -0.39 is 0 Å². The van der Waals surface area contributed by atoms with Gasteiger partial charge in [0.2, 0.25) is 0 Å². The van der Waals surface area contributed by atoms with E-state index in [-0.39, 0.29) is 10.8 Å². The molecule has 0 fully saturated rings. The predicted molar refractivity (Wildman–Crippen MR) is 76.6 cm³/mol. The monoisotopic (exact) mass is 271 g/mol. The van der Waals surface area contributed by atoms with E-state index in [9.17, 15) is 4.39 Å². The third kappa shape index (κ3) is 4.95. The van der Waals surface area contributed by atoms with Crippen molar-refractivity contribution < 1.29 is 4.39 Å². The molecule has 0 aliphatic heterocycles. The second-order valence-electron chi connectivity index (χ2n) is 5.52. The lowest BCUT2D eigenvalue weighted by molar-refractivity contribution is 0.349. The van der Waals surface area contributed by atoms with Crippen LogP contribution in [0.25, 0.3) is 0 Å². The van der Waals surface area contributed by atoms with Crippen molar-refractivity contribution in [2.75, 3.05) is 6.54 Å².